The normalized spacial score (nSPS) is 13.6. The van der Waals surface area contributed by atoms with Gasteiger partial charge in [0.1, 0.15) is 19.3 Å². The van der Waals surface area contributed by atoms with E-state index in [9.17, 15) is 9.18 Å². The van der Waals surface area contributed by atoms with Crippen molar-refractivity contribution in [3.05, 3.63) is 65.6 Å². The maximum absolute atomic E-state index is 13.7. The third kappa shape index (κ3) is 4.29. The molecule has 1 aliphatic heterocycles. The average Bonchev–Trinajstić information content (AvgIpc) is 3.17. The number of amides is 1. The number of halogens is 1. The molecule has 1 amide bonds. The zero-order chi connectivity index (χ0) is 20.2. The Morgan fingerprint density at radius 3 is 2.76 bits per heavy atom. The predicted molar refractivity (Wildman–Crippen MR) is 98.3 cm³/mol. The van der Waals surface area contributed by atoms with Crippen molar-refractivity contribution >= 4 is 5.91 Å². The lowest BCUT2D eigenvalue weighted by molar-refractivity contribution is -0.123. The van der Waals surface area contributed by atoms with Gasteiger partial charge in [-0.05, 0) is 29.8 Å². The summed E-state index contributed by atoms with van der Waals surface area (Å²) >= 11 is 0. The van der Waals surface area contributed by atoms with Crippen molar-refractivity contribution in [2.24, 2.45) is 0 Å². The van der Waals surface area contributed by atoms with Crippen LogP contribution in [0.4, 0.5) is 4.39 Å². The summed E-state index contributed by atoms with van der Waals surface area (Å²) in [5.41, 5.74) is 0.675. The number of hydrogen-bond donors (Lipinski definition) is 1. The van der Waals surface area contributed by atoms with E-state index in [-0.39, 0.29) is 18.2 Å². The van der Waals surface area contributed by atoms with E-state index in [1.54, 1.807) is 37.3 Å². The standard InChI is InChI=1S/C20H18FN3O5/c1-12-22-20(24-29-12)19(13-6-7-16-17(10-13)27-9-8-26-16)23-18(25)11-28-15-5-3-2-4-14(15)21/h2-7,10,19H,8-9,11H2,1H3,(H,23,25). The molecule has 0 spiro atoms. The van der Waals surface area contributed by atoms with Gasteiger partial charge in [-0.25, -0.2) is 4.39 Å². The number of carbonyl (C=O) groups is 1. The van der Waals surface area contributed by atoms with Crippen LogP contribution in [-0.4, -0.2) is 35.9 Å². The summed E-state index contributed by atoms with van der Waals surface area (Å²) in [5, 5.41) is 6.71. The number of carbonyl (C=O) groups excluding carboxylic acids is 1. The SMILES string of the molecule is Cc1nc(C(NC(=O)COc2ccccc2F)c2ccc3c(c2)OCCO3)no1. The smallest absolute Gasteiger partial charge is 0.258 e. The van der Waals surface area contributed by atoms with E-state index in [1.807, 2.05) is 0 Å². The summed E-state index contributed by atoms with van der Waals surface area (Å²) < 4.78 is 35.1. The van der Waals surface area contributed by atoms with Gasteiger partial charge in [0.2, 0.25) is 5.89 Å². The van der Waals surface area contributed by atoms with Gasteiger partial charge < -0.3 is 24.1 Å². The first-order valence-corrected chi connectivity index (χ1v) is 8.96. The number of nitrogens with one attached hydrogen (secondary N) is 1. The molecule has 1 atom stereocenters. The number of benzene rings is 2. The second kappa shape index (κ2) is 8.17. The molecule has 3 aromatic rings. The zero-order valence-corrected chi connectivity index (χ0v) is 15.6. The Kier molecular flexibility index (Phi) is 5.28. The quantitative estimate of drug-likeness (QED) is 0.681. The van der Waals surface area contributed by atoms with Gasteiger partial charge in [-0.2, -0.15) is 4.98 Å². The minimum absolute atomic E-state index is 0.00562. The van der Waals surface area contributed by atoms with E-state index in [0.29, 0.717) is 36.2 Å². The molecule has 0 radical (unpaired) electrons. The van der Waals surface area contributed by atoms with Gasteiger partial charge in [-0.3, -0.25) is 4.79 Å². The van der Waals surface area contributed by atoms with E-state index >= 15 is 0 Å². The van der Waals surface area contributed by atoms with Crippen LogP contribution < -0.4 is 19.5 Å². The molecule has 1 unspecified atom stereocenters. The lowest BCUT2D eigenvalue weighted by Gasteiger charge is -2.21. The van der Waals surface area contributed by atoms with Crippen molar-refractivity contribution in [2.75, 3.05) is 19.8 Å². The molecule has 4 rings (SSSR count). The highest BCUT2D eigenvalue weighted by atomic mass is 19.1. The third-order valence-electron chi connectivity index (χ3n) is 4.20. The first-order chi connectivity index (χ1) is 14.1. The van der Waals surface area contributed by atoms with Crippen LogP contribution in [0.2, 0.25) is 0 Å². The van der Waals surface area contributed by atoms with E-state index in [2.05, 4.69) is 15.5 Å². The van der Waals surface area contributed by atoms with Crippen LogP contribution >= 0.6 is 0 Å². The van der Waals surface area contributed by atoms with Crippen LogP contribution in [0.5, 0.6) is 17.2 Å². The number of nitrogens with zero attached hydrogens (tertiary/aromatic N) is 2. The minimum atomic E-state index is -0.708. The molecule has 1 aliphatic rings. The van der Waals surface area contributed by atoms with Crippen molar-refractivity contribution < 1.29 is 27.9 Å². The fourth-order valence-corrected chi connectivity index (χ4v) is 2.88. The number of aryl methyl sites for hydroxylation is 1. The molecule has 1 N–H and O–H groups in total. The molecule has 8 nitrogen and oxygen atoms in total. The van der Waals surface area contributed by atoms with Crippen molar-refractivity contribution in [3.63, 3.8) is 0 Å². The Hall–Kier alpha value is -3.62. The Bertz CT molecular complexity index is 1020. The highest BCUT2D eigenvalue weighted by molar-refractivity contribution is 5.78. The molecule has 9 heteroatoms. The summed E-state index contributed by atoms with van der Waals surface area (Å²) in [6, 6.07) is 10.4. The maximum Gasteiger partial charge on any atom is 0.258 e. The van der Waals surface area contributed by atoms with Gasteiger partial charge >= 0.3 is 0 Å². The van der Waals surface area contributed by atoms with Crippen molar-refractivity contribution in [1.29, 1.82) is 0 Å². The second-order valence-electron chi connectivity index (χ2n) is 6.29. The van der Waals surface area contributed by atoms with Crippen LogP contribution in [0.25, 0.3) is 0 Å². The molecule has 0 saturated heterocycles. The van der Waals surface area contributed by atoms with Crippen LogP contribution in [0.3, 0.4) is 0 Å². The second-order valence-corrected chi connectivity index (χ2v) is 6.29. The summed E-state index contributed by atoms with van der Waals surface area (Å²) in [6.07, 6.45) is 0. The van der Waals surface area contributed by atoms with Crippen molar-refractivity contribution in [2.45, 2.75) is 13.0 Å². The zero-order valence-electron chi connectivity index (χ0n) is 15.6. The fraction of sp³-hybridized carbons (Fsp3) is 0.250. The summed E-state index contributed by atoms with van der Waals surface area (Å²) in [7, 11) is 0. The molecule has 2 heterocycles. The van der Waals surface area contributed by atoms with Crippen LogP contribution in [-0.2, 0) is 4.79 Å². The Balaban J connectivity index is 1.53. The lowest BCUT2D eigenvalue weighted by Crippen LogP contribution is -2.34. The van der Waals surface area contributed by atoms with Crippen molar-refractivity contribution in [1.82, 2.24) is 15.5 Å². The monoisotopic (exact) mass is 399 g/mol. The molecule has 0 saturated carbocycles. The number of aromatic nitrogens is 2. The molecular weight excluding hydrogens is 381 g/mol. The van der Waals surface area contributed by atoms with E-state index in [4.69, 9.17) is 18.7 Å². The summed E-state index contributed by atoms with van der Waals surface area (Å²) in [6.45, 7) is 2.19. The summed E-state index contributed by atoms with van der Waals surface area (Å²) in [5.74, 6) is 0.799. The van der Waals surface area contributed by atoms with E-state index < -0.39 is 17.8 Å². The van der Waals surface area contributed by atoms with Crippen LogP contribution in [0.15, 0.2) is 47.0 Å². The van der Waals surface area contributed by atoms with Gasteiger partial charge in [0.05, 0.1) is 0 Å². The Labute approximate surface area is 165 Å². The van der Waals surface area contributed by atoms with Gasteiger partial charge in [0.15, 0.2) is 35.5 Å². The number of fused-ring (bicyclic) bond motifs is 1. The number of ether oxygens (including phenoxy) is 3. The van der Waals surface area contributed by atoms with Gasteiger partial charge in [0.25, 0.3) is 5.91 Å². The number of hydrogen-bond acceptors (Lipinski definition) is 7. The molecule has 2 aromatic carbocycles. The van der Waals surface area contributed by atoms with E-state index in [0.717, 1.165) is 0 Å². The lowest BCUT2D eigenvalue weighted by atomic mass is 10.1. The molecule has 1 aromatic heterocycles. The average molecular weight is 399 g/mol. The first kappa shape index (κ1) is 18.7. The van der Waals surface area contributed by atoms with Crippen LogP contribution in [0, 0.1) is 12.7 Å². The largest absolute Gasteiger partial charge is 0.486 e. The van der Waals surface area contributed by atoms with Crippen molar-refractivity contribution in [3.8, 4) is 17.2 Å². The number of rotatable bonds is 6. The Morgan fingerprint density at radius 1 is 1.21 bits per heavy atom. The predicted octanol–water partition coefficient (Wildman–Crippen LogP) is 2.57. The maximum atomic E-state index is 13.7. The van der Waals surface area contributed by atoms with E-state index in [1.165, 1.54) is 12.1 Å². The third-order valence-corrected chi connectivity index (χ3v) is 4.20. The molecule has 0 bridgehead atoms. The Morgan fingerprint density at radius 2 is 2.00 bits per heavy atom. The first-order valence-electron chi connectivity index (χ1n) is 8.96. The molecular formula is C20H18FN3O5. The highest BCUT2D eigenvalue weighted by Gasteiger charge is 2.24. The molecule has 150 valence electrons. The van der Waals surface area contributed by atoms with Crippen LogP contribution in [0.1, 0.15) is 23.3 Å². The highest BCUT2D eigenvalue weighted by Crippen LogP contribution is 2.33. The molecule has 0 fully saturated rings. The van der Waals surface area contributed by atoms with Gasteiger partial charge in [-0.15, -0.1) is 0 Å². The topological polar surface area (TPSA) is 95.7 Å². The van der Waals surface area contributed by atoms with Gasteiger partial charge in [-0.1, -0.05) is 23.4 Å². The van der Waals surface area contributed by atoms with Gasteiger partial charge in [0, 0.05) is 6.92 Å². The molecule has 0 aliphatic carbocycles. The minimum Gasteiger partial charge on any atom is -0.486 e. The fourth-order valence-electron chi connectivity index (χ4n) is 2.88. The number of para-hydroxylation sites is 1. The summed E-state index contributed by atoms with van der Waals surface area (Å²) in [4.78, 5) is 16.7. The molecule has 29 heavy (non-hydrogen) atoms.